The number of hydrogen-bond donors (Lipinski definition) is 0. The molecule has 4 nitrogen and oxygen atoms in total. The summed E-state index contributed by atoms with van der Waals surface area (Å²) in [5.41, 5.74) is 1.59. The van der Waals surface area contributed by atoms with Crippen LogP contribution in [0.25, 0.3) is 0 Å². The summed E-state index contributed by atoms with van der Waals surface area (Å²) < 4.78 is 4.81. The van der Waals surface area contributed by atoms with Crippen LogP contribution in [0.1, 0.15) is 22.8 Å². The lowest BCUT2D eigenvalue weighted by molar-refractivity contribution is -0.120. The van der Waals surface area contributed by atoms with Gasteiger partial charge in [0.15, 0.2) is 5.78 Å². The third kappa shape index (κ3) is 4.78. The van der Waals surface area contributed by atoms with E-state index in [-0.39, 0.29) is 12.4 Å². The van der Waals surface area contributed by atoms with Gasteiger partial charge in [-0.1, -0.05) is 12.1 Å². The third-order valence-corrected chi connectivity index (χ3v) is 2.09. The first kappa shape index (κ1) is 13.4. The largest absolute Gasteiger partial charge is 0.454 e. The van der Waals surface area contributed by atoms with E-state index in [9.17, 15) is 9.59 Å². The summed E-state index contributed by atoms with van der Waals surface area (Å²) in [7, 11) is 3.96. The Bertz CT molecular complexity index is 396. The number of nitrogens with zero attached hydrogens (tertiary/aromatic N) is 1. The van der Waals surface area contributed by atoms with Crippen LogP contribution in [-0.2, 0) is 16.1 Å². The van der Waals surface area contributed by atoms with Gasteiger partial charge in [-0.25, -0.2) is 4.79 Å². The first-order chi connectivity index (χ1) is 7.99. The number of carbonyl (C=O) groups excluding carboxylic acids is 2. The highest BCUT2D eigenvalue weighted by atomic mass is 16.5. The van der Waals surface area contributed by atoms with Gasteiger partial charge in [0.2, 0.25) is 0 Å². The van der Waals surface area contributed by atoms with E-state index in [1.54, 1.807) is 12.1 Å². The van der Waals surface area contributed by atoms with Crippen LogP contribution in [0, 0.1) is 0 Å². The quantitative estimate of drug-likeness (QED) is 0.725. The molecule has 17 heavy (non-hydrogen) atoms. The summed E-state index contributed by atoms with van der Waals surface area (Å²) in [6.07, 6.45) is 0. The van der Waals surface area contributed by atoms with E-state index in [1.807, 2.05) is 31.1 Å². The maximum atomic E-state index is 11.5. The Morgan fingerprint density at radius 2 is 1.76 bits per heavy atom. The van der Waals surface area contributed by atoms with Gasteiger partial charge in [-0.05, 0) is 38.7 Å². The van der Waals surface area contributed by atoms with Gasteiger partial charge in [0, 0.05) is 6.54 Å². The number of carbonyl (C=O) groups is 2. The zero-order valence-electron chi connectivity index (χ0n) is 10.4. The SMILES string of the molecule is CC(=O)COC(=O)c1ccc(CN(C)C)cc1. The number of ketones is 1. The first-order valence-corrected chi connectivity index (χ1v) is 5.39. The van der Waals surface area contributed by atoms with Crippen molar-refractivity contribution in [1.82, 2.24) is 4.90 Å². The van der Waals surface area contributed by atoms with Gasteiger partial charge in [-0.2, -0.15) is 0 Å². The molecule has 0 heterocycles. The monoisotopic (exact) mass is 235 g/mol. The first-order valence-electron chi connectivity index (χ1n) is 5.39. The fraction of sp³-hybridized carbons (Fsp3) is 0.385. The van der Waals surface area contributed by atoms with Crippen LogP contribution < -0.4 is 0 Å². The summed E-state index contributed by atoms with van der Waals surface area (Å²) in [5.74, 6) is -0.626. The summed E-state index contributed by atoms with van der Waals surface area (Å²) in [6.45, 7) is 2.04. The fourth-order valence-electron chi connectivity index (χ4n) is 1.36. The zero-order chi connectivity index (χ0) is 12.8. The van der Waals surface area contributed by atoms with Gasteiger partial charge in [-0.3, -0.25) is 4.79 Å². The lowest BCUT2D eigenvalue weighted by Gasteiger charge is -2.09. The second kappa shape index (κ2) is 6.15. The normalized spacial score (nSPS) is 10.4. The van der Waals surface area contributed by atoms with E-state index in [1.165, 1.54) is 6.92 Å². The lowest BCUT2D eigenvalue weighted by atomic mass is 10.1. The fourth-order valence-corrected chi connectivity index (χ4v) is 1.36. The Kier molecular flexibility index (Phi) is 4.84. The average molecular weight is 235 g/mol. The van der Waals surface area contributed by atoms with E-state index in [2.05, 4.69) is 0 Å². The minimum Gasteiger partial charge on any atom is -0.454 e. The molecule has 0 N–H and O–H groups in total. The van der Waals surface area contributed by atoms with E-state index in [0.29, 0.717) is 5.56 Å². The Balaban J connectivity index is 2.60. The number of hydrogen-bond acceptors (Lipinski definition) is 4. The highest BCUT2D eigenvalue weighted by molar-refractivity contribution is 5.91. The van der Waals surface area contributed by atoms with Crippen LogP contribution in [0.15, 0.2) is 24.3 Å². The predicted molar refractivity (Wildman–Crippen MR) is 64.8 cm³/mol. The topological polar surface area (TPSA) is 46.6 Å². The molecule has 0 saturated heterocycles. The number of benzene rings is 1. The number of esters is 1. The van der Waals surface area contributed by atoms with Crippen molar-refractivity contribution in [2.24, 2.45) is 0 Å². The van der Waals surface area contributed by atoms with Crippen molar-refractivity contribution in [3.8, 4) is 0 Å². The average Bonchev–Trinajstić information content (AvgIpc) is 2.26. The minimum absolute atomic E-state index is 0.164. The summed E-state index contributed by atoms with van der Waals surface area (Å²) in [4.78, 5) is 24.2. The van der Waals surface area contributed by atoms with Gasteiger partial charge in [0.1, 0.15) is 6.61 Å². The molecule has 0 spiro atoms. The molecule has 0 aromatic heterocycles. The van der Waals surface area contributed by atoms with Crippen molar-refractivity contribution in [2.45, 2.75) is 13.5 Å². The molecular formula is C13H17NO3. The van der Waals surface area contributed by atoms with Crippen LogP contribution in [0.4, 0.5) is 0 Å². The zero-order valence-corrected chi connectivity index (χ0v) is 10.4. The Morgan fingerprint density at radius 1 is 1.18 bits per heavy atom. The van der Waals surface area contributed by atoms with Crippen LogP contribution in [0.5, 0.6) is 0 Å². The second-order valence-corrected chi connectivity index (χ2v) is 4.21. The molecule has 0 fully saturated rings. The third-order valence-electron chi connectivity index (χ3n) is 2.09. The van der Waals surface area contributed by atoms with E-state index in [0.717, 1.165) is 12.1 Å². The molecule has 1 rings (SSSR count). The van der Waals surface area contributed by atoms with Crippen LogP contribution in [0.3, 0.4) is 0 Å². The molecule has 1 aromatic rings. The van der Waals surface area contributed by atoms with E-state index >= 15 is 0 Å². The molecule has 0 amide bonds. The van der Waals surface area contributed by atoms with Crippen molar-refractivity contribution in [3.63, 3.8) is 0 Å². The van der Waals surface area contributed by atoms with Gasteiger partial charge in [0.25, 0.3) is 0 Å². The Morgan fingerprint density at radius 3 is 2.24 bits per heavy atom. The van der Waals surface area contributed by atoms with Crippen molar-refractivity contribution in [2.75, 3.05) is 20.7 Å². The smallest absolute Gasteiger partial charge is 0.338 e. The molecule has 0 aliphatic heterocycles. The molecule has 0 radical (unpaired) electrons. The minimum atomic E-state index is -0.461. The van der Waals surface area contributed by atoms with Crippen molar-refractivity contribution in [3.05, 3.63) is 35.4 Å². The molecule has 0 aliphatic carbocycles. The summed E-state index contributed by atoms with van der Waals surface area (Å²) in [5, 5.41) is 0. The molecule has 0 bridgehead atoms. The number of ether oxygens (including phenoxy) is 1. The molecule has 92 valence electrons. The number of Topliss-reactive ketones (excluding diaryl/α,β-unsaturated/α-hetero) is 1. The highest BCUT2D eigenvalue weighted by Gasteiger charge is 2.07. The lowest BCUT2D eigenvalue weighted by Crippen LogP contribution is -2.12. The van der Waals surface area contributed by atoms with Gasteiger partial charge < -0.3 is 9.64 Å². The maximum absolute atomic E-state index is 11.5. The van der Waals surface area contributed by atoms with Crippen molar-refractivity contribution in [1.29, 1.82) is 0 Å². The molecule has 1 aromatic carbocycles. The Hall–Kier alpha value is -1.68. The molecule has 4 heteroatoms. The summed E-state index contributed by atoms with van der Waals surface area (Å²) in [6, 6.07) is 7.18. The van der Waals surface area contributed by atoms with Gasteiger partial charge >= 0.3 is 5.97 Å². The number of rotatable bonds is 5. The molecule has 0 aliphatic rings. The van der Waals surface area contributed by atoms with E-state index < -0.39 is 5.97 Å². The molecule has 0 unspecified atom stereocenters. The van der Waals surface area contributed by atoms with Crippen LogP contribution in [-0.4, -0.2) is 37.4 Å². The highest BCUT2D eigenvalue weighted by Crippen LogP contribution is 2.07. The maximum Gasteiger partial charge on any atom is 0.338 e. The van der Waals surface area contributed by atoms with Crippen LogP contribution in [0.2, 0.25) is 0 Å². The van der Waals surface area contributed by atoms with Gasteiger partial charge in [-0.15, -0.1) is 0 Å². The van der Waals surface area contributed by atoms with Gasteiger partial charge in [0.05, 0.1) is 5.56 Å². The summed E-state index contributed by atoms with van der Waals surface area (Å²) >= 11 is 0. The standard InChI is InChI=1S/C13H17NO3/c1-10(15)9-17-13(16)12-6-4-11(5-7-12)8-14(2)3/h4-7H,8-9H2,1-3H3. The van der Waals surface area contributed by atoms with Crippen LogP contribution >= 0.6 is 0 Å². The molecule has 0 saturated carbocycles. The predicted octanol–water partition coefficient (Wildman–Crippen LogP) is 1.49. The Labute approximate surface area is 101 Å². The molecule has 0 atom stereocenters. The molecular weight excluding hydrogens is 218 g/mol. The van der Waals surface area contributed by atoms with E-state index in [4.69, 9.17) is 4.74 Å². The van der Waals surface area contributed by atoms with Crippen molar-refractivity contribution >= 4 is 11.8 Å². The van der Waals surface area contributed by atoms with Crippen molar-refractivity contribution < 1.29 is 14.3 Å². The second-order valence-electron chi connectivity index (χ2n) is 4.21.